The maximum Gasteiger partial charge on any atom is 0.305 e. The topological polar surface area (TPSA) is 97.1 Å². The summed E-state index contributed by atoms with van der Waals surface area (Å²) < 4.78 is 37.5. The van der Waals surface area contributed by atoms with Crippen molar-refractivity contribution in [3.8, 4) is 11.5 Å². The summed E-state index contributed by atoms with van der Waals surface area (Å²) in [5.41, 5.74) is 8.57. The normalized spacial score (nSPS) is 31.4. The van der Waals surface area contributed by atoms with Gasteiger partial charge in [0.25, 0.3) is 0 Å². The lowest BCUT2D eigenvalue weighted by Gasteiger charge is -2.62. The molecule has 4 aliphatic rings. The van der Waals surface area contributed by atoms with Gasteiger partial charge in [-0.05, 0) is 62.1 Å². The molecule has 8 heteroatoms. The number of aryl methyl sites for hydroxylation is 1. The molecule has 2 saturated carbocycles. The molecule has 6 unspecified atom stereocenters. The second kappa shape index (κ2) is 10.4. The average molecular weight is 540 g/mol. The number of ether oxygens (including phenoxy) is 2. The molecule has 7 nitrogen and oxygen atoms in total. The van der Waals surface area contributed by atoms with Crippen molar-refractivity contribution < 1.29 is 26.8 Å². The lowest BCUT2D eigenvalue weighted by atomic mass is 9.45. The number of methoxy groups -OCH3 is 1. The Morgan fingerprint density at radius 3 is 2.71 bits per heavy atom. The first kappa shape index (κ1) is 26.0. The second-order valence-corrected chi connectivity index (χ2v) is 12.0. The van der Waals surface area contributed by atoms with Gasteiger partial charge in [-0.3, -0.25) is 13.2 Å². The van der Waals surface area contributed by atoms with Crippen LogP contribution in [0.4, 0.5) is 0 Å². The van der Waals surface area contributed by atoms with Gasteiger partial charge in [0.15, 0.2) is 23.4 Å². The van der Waals surface area contributed by atoms with Gasteiger partial charge in [0.05, 0.1) is 19.1 Å². The highest BCUT2D eigenvalue weighted by Crippen LogP contribution is 2.68. The summed E-state index contributed by atoms with van der Waals surface area (Å²) in [6.07, 6.45) is 7.30. The molecule has 1 heterocycles. The fraction of sp³-hybridized carbons (Fsp3) is 0.567. The largest absolute Gasteiger partial charge is 0.493 e. The van der Waals surface area contributed by atoms with Crippen molar-refractivity contribution in [3.63, 3.8) is 0 Å². The monoisotopic (exact) mass is 539 g/mol. The van der Waals surface area contributed by atoms with Crippen molar-refractivity contribution in [2.24, 2.45) is 11.7 Å². The smallest absolute Gasteiger partial charge is 0.305 e. The van der Waals surface area contributed by atoms with E-state index in [1.54, 1.807) is 7.11 Å². The molecule has 204 valence electrons. The van der Waals surface area contributed by atoms with E-state index < -0.39 is 28.5 Å². The Bertz CT molecular complexity index is 1220. The van der Waals surface area contributed by atoms with E-state index in [1.165, 1.54) is 5.56 Å². The molecule has 0 radical (unpaired) electrons. The zero-order valence-electron chi connectivity index (χ0n) is 22.0. The number of unbranched alkanes of at least 4 members (excludes halogenated alkanes) is 3. The molecule has 2 fully saturated rings. The maximum absolute atomic E-state index is 13.3. The van der Waals surface area contributed by atoms with Crippen molar-refractivity contribution in [2.45, 2.75) is 87.4 Å². The molecule has 3 aliphatic carbocycles. The zero-order chi connectivity index (χ0) is 26.3. The third-order valence-electron chi connectivity index (χ3n) is 9.37. The van der Waals surface area contributed by atoms with Crippen LogP contribution in [-0.2, 0) is 42.8 Å². The number of hydrogen-bond donors (Lipinski definition) is 1. The summed E-state index contributed by atoms with van der Waals surface area (Å²) in [4.78, 5) is 13.3. The number of benzene rings is 2. The van der Waals surface area contributed by atoms with Crippen LogP contribution >= 0.6 is 0 Å². The van der Waals surface area contributed by atoms with Crippen LogP contribution in [0.5, 0.6) is 11.5 Å². The Balaban J connectivity index is 1.16. The van der Waals surface area contributed by atoms with Crippen LogP contribution in [0.1, 0.15) is 68.1 Å². The van der Waals surface area contributed by atoms with Gasteiger partial charge in [-0.15, -0.1) is 0 Å². The first-order chi connectivity index (χ1) is 18.5. The highest BCUT2D eigenvalue weighted by molar-refractivity contribution is 7.75. The predicted octanol–water partition coefficient (Wildman–Crippen LogP) is 4.50. The van der Waals surface area contributed by atoms with Crippen LogP contribution in [0, 0.1) is 5.92 Å². The Labute approximate surface area is 227 Å². The Morgan fingerprint density at radius 1 is 1.08 bits per heavy atom. The molecule has 2 N–H and O–H groups in total. The SMILES string of the molecule is COc1ccc2c3c1OC1C(=O)CCC4(OS(=O)OCCCCCCc5ccccc5)C(C2)C(N)CCC314. The zero-order valence-corrected chi connectivity index (χ0v) is 22.8. The van der Waals surface area contributed by atoms with E-state index in [0.29, 0.717) is 43.8 Å². The quantitative estimate of drug-likeness (QED) is 0.420. The summed E-state index contributed by atoms with van der Waals surface area (Å²) in [7, 11) is 1.61. The minimum absolute atomic E-state index is 0.0618. The molecule has 2 aromatic carbocycles. The van der Waals surface area contributed by atoms with E-state index in [1.807, 2.05) is 12.1 Å². The fourth-order valence-corrected chi connectivity index (χ4v) is 8.59. The first-order valence-corrected chi connectivity index (χ1v) is 14.9. The molecular weight excluding hydrogens is 502 g/mol. The second-order valence-electron chi connectivity index (χ2n) is 11.2. The van der Waals surface area contributed by atoms with E-state index in [0.717, 1.165) is 49.7 Å². The minimum atomic E-state index is -1.95. The summed E-state index contributed by atoms with van der Waals surface area (Å²) in [5, 5.41) is 0. The summed E-state index contributed by atoms with van der Waals surface area (Å²) in [5.74, 6) is 1.24. The fourth-order valence-electron chi connectivity index (χ4n) is 7.69. The van der Waals surface area contributed by atoms with E-state index >= 15 is 0 Å². The molecule has 6 rings (SSSR count). The van der Waals surface area contributed by atoms with Crippen LogP contribution < -0.4 is 15.2 Å². The van der Waals surface area contributed by atoms with Crippen molar-refractivity contribution in [1.82, 2.24) is 0 Å². The number of Topliss-reactive ketones (excluding diaryl/α,β-unsaturated/α-hetero) is 1. The number of carbonyl (C=O) groups is 1. The van der Waals surface area contributed by atoms with Gasteiger partial charge in [-0.1, -0.05) is 49.2 Å². The molecule has 2 aromatic rings. The number of rotatable bonds is 11. The van der Waals surface area contributed by atoms with Crippen LogP contribution in [0.2, 0.25) is 0 Å². The van der Waals surface area contributed by atoms with Crippen LogP contribution in [0.3, 0.4) is 0 Å². The van der Waals surface area contributed by atoms with Crippen LogP contribution in [0.15, 0.2) is 42.5 Å². The van der Waals surface area contributed by atoms with E-state index in [4.69, 9.17) is 23.6 Å². The van der Waals surface area contributed by atoms with E-state index in [9.17, 15) is 9.00 Å². The van der Waals surface area contributed by atoms with Gasteiger partial charge in [0.2, 0.25) is 0 Å². The number of carbonyl (C=O) groups excluding carboxylic acids is 1. The van der Waals surface area contributed by atoms with Gasteiger partial charge in [0, 0.05) is 23.9 Å². The van der Waals surface area contributed by atoms with Crippen molar-refractivity contribution >= 4 is 17.1 Å². The van der Waals surface area contributed by atoms with Crippen molar-refractivity contribution in [1.29, 1.82) is 0 Å². The molecule has 1 spiro atoms. The van der Waals surface area contributed by atoms with Gasteiger partial charge in [-0.25, -0.2) is 0 Å². The Hall–Kier alpha value is -2.26. The molecule has 0 amide bonds. The first-order valence-electron chi connectivity index (χ1n) is 13.9. The Kier molecular flexibility index (Phi) is 7.10. The number of nitrogens with two attached hydrogens (primary N) is 1. The van der Waals surface area contributed by atoms with Crippen LogP contribution in [0.25, 0.3) is 0 Å². The molecule has 2 bridgehead atoms. The molecular formula is C30H37NO6S. The van der Waals surface area contributed by atoms with Gasteiger partial charge >= 0.3 is 11.4 Å². The standard InChI is InChI=1S/C30H37NO6S/c1-34-25-13-12-21-19-22-23(31)14-16-29-26(21)27(25)36-28(29)24(32)15-17-30(22,29)37-38(33)35-18-8-3-2-5-9-20-10-6-4-7-11-20/h4,6-7,10-13,22-23,28H,2-3,5,8-9,14-19,31H2,1H3. The van der Waals surface area contributed by atoms with Crippen molar-refractivity contribution in [2.75, 3.05) is 13.7 Å². The molecule has 0 saturated heterocycles. The predicted molar refractivity (Wildman–Crippen MR) is 144 cm³/mol. The summed E-state index contributed by atoms with van der Waals surface area (Å²) in [6, 6.07) is 14.3. The third-order valence-corrected chi connectivity index (χ3v) is 10.2. The van der Waals surface area contributed by atoms with Gasteiger partial charge in [-0.2, -0.15) is 4.21 Å². The Morgan fingerprint density at radius 2 is 1.89 bits per heavy atom. The maximum atomic E-state index is 13.3. The lowest BCUT2D eigenvalue weighted by Crippen LogP contribution is -2.74. The summed E-state index contributed by atoms with van der Waals surface area (Å²) >= 11 is -1.95. The molecule has 6 atom stereocenters. The van der Waals surface area contributed by atoms with Crippen molar-refractivity contribution in [3.05, 3.63) is 59.2 Å². The minimum Gasteiger partial charge on any atom is -0.493 e. The molecule has 38 heavy (non-hydrogen) atoms. The molecule has 0 aromatic heterocycles. The third kappa shape index (κ3) is 4.03. The summed E-state index contributed by atoms with van der Waals surface area (Å²) in [6.45, 7) is 0.367. The molecule has 1 aliphatic heterocycles. The van der Waals surface area contributed by atoms with Gasteiger partial charge < -0.3 is 15.2 Å². The van der Waals surface area contributed by atoms with Gasteiger partial charge in [0.1, 0.15) is 5.60 Å². The average Bonchev–Trinajstić information content (AvgIpc) is 3.29. The lowest BCUT2D eigenvalue weighted by molar-refractivity contribution is -0.169. The van der Waals surface area contributed by atoms with E-state index in [-0.39, 0.29) is 17.7 Å². The van der Waals surface area contributed by atoms with E-state index in [2.05, 4.69) is 30.3 Å². The number of hydrogen-bond acceptors (Lipinski definition) is 7. The van der Waals surface area contributed by atoms with Crippen LogP contribution in [-0.4, -0.2) is 41.5 Å². The number of ketones is 1. The highest BCUT2D eigenvalue weighted by Gasteiger charge is 2.75. The highest BCUT2D eigenvalue weighted by atomic mass is 32.2.